The molecule has 0 radical (unpaired) electrons. The molecule has 0 bridgehead atoms. The van der Waals surface area contributed by atoms with Gasteiger partial charge < -0.3 is 10.1 Å². The Morgan fingerprint density at radius 3 is 2.79 bits per heavy atom. The molecule has 6 heteroatoms. The van der Waals surface area contributed by atoms with E-state index in [0.717, 1.165) is 24.2 Å². The second kappa shape index (κ2) is 8.12. The van der Waals surface area contributed by atoms with Gasteiger partial charge in [0.25, 0.3) is 0 Å². The largest absolute Gasteiger partial charge is 0.468 e. The molecule has 1 unspecified atom stereocenters. The number of methoxy groups -OCH3 is 1. The maximum atomic E-state index is 13.4. The fourth-order valence-corrected chi connectivity index (χ4v) is 2.40. The number of benzene rings is 1. The van der Waals surface area contributed by atoms with Crippen molar-refractivity contribution >= 4 is 17.7 Å². The summed E-state index contributed by atoms with van der Waals surface area (Å²) in [6.45, 7) is 2.65. The van der Waals surface area contributed by atoms with E-state index in [9.17, 15) is 13.6 Å². The zero-order chi connectivity index (χ0) is 14.3. The van der Waals surface area contributed by atoms with E-state index in [0.29, 0.717) is 17.2 Å². The van der Waals surface area contributed by atoms with Crippen LogP contribution >= 0.6 is 11.8 Å². The molecule has 0 amide bonds. The Morgan fingerprint density at radius 1 is 1.47 bits per heavy atom. The zero-order valence-corrected chi connectivity index (χ0v) is 11.7. The SMILES string of the molecule is CCCNC(CSc1ccc(F)cc1F)C(=O)OC. The van der Waals surface area contributed by atoms with Crippen LogP contribution in [0.1, 0.15) is 13.3 Å². The first-order valence-electron chi connectivity index (χ1n) is 5.97. The molecule has 0 heterocycles. The van der Waals surface area contributed by atoms with Gasteiger partial charge in [-0.3, -0.25) is 4.79 Å². The van der Waals surface area contributed by atoms with E-state index in [2.05, 4.69) is 10.1 Å². The number of esters is 1. The molecular formula is C13H17F2NO2S. The van der Waals surface area contributed by atoms with Crippen LogP contribution in [-0.4, -0.2) is 31.4 Å². The van der Waals surface area contributed by atoms with Gasteiger partial charge in [0.2, 0.25) is 0 Å². The summed E-state index contributed by atoms with van der Waals surface area (Å²) in [5.41, 5.74) is 0. The number of hydrogen-bond donors (Lipinski definition) is 1. The highest BCUT2D eigenvalue weighted by Gasteiger charge is 2.19. The predicted octanol–water partition coefficient (Wildman–Crippen LogP) is 2.60. The van der Waals surface area contributed by atoms with Gasteiger partial charge in [-0.1, -0.05) is 6.92 Å². The van der Waals surface area contributed by atoms with Crippen LogP contribution in [0.4, 0.5) is 8.78 Å². The quantitative estimate of drug-likeness (QED) is 0.618. The average Bonchev–Trinajstić information content (AvgIpc) is 2.40. The molecule has 1 aromatic carbocycles. The van der Waals surface area contributed by atoms with Crippen LogP contribution < -0.4 is 5.32 Å². The lowest BCUT2D eigenvalue weighted by molar-refractivity contribution is -0.142. The van der Waals surface area contributed by atoms with E-state index in [1.54, 1.807) is 0 Å². The number of rotatable bonds is 7. The molecule has 19 heavy (non-hydrogen) atoms. The third-order valence-electron chi connectivity index (χ3n) is 2.43. The van der Waals surface area contributed by atoms with Crippen molar-refractivity contribution in [3.05, 3.63) is 29.8 Å². The zero-order valence-electron chi connectivity index (χ0n) is 10.9. The van der Waals surface area contributed by atoms with E-state index in [1.807, 2.05) is 6.92 Å². The molecule has 106 valence electrons. The van der Waals surface area contributed by atoms with Gasteiger partial charge in [0.1, 0.15) is 17.7 Å². The summed E-state index contributed by atoms with van der Waals surface area (Å²) in [5.74, 6) is -1.29. The van der Waals surface area contributed by atoms with Crippen LogP contribution in [-0.2, 0) is 9.53 Å². The summed E-state index contributed by atoms with van der Waals surface area (Å²) < 4.78 is 30.9. The third-order valence-corrected chi connectivity index (χ3v) is 3.57. The fraction of sp³-hybridized carbons (Fsp3) is 0.462. The minimum absolute atomic E-state index is 0.314. The first-order valence-corrected chi connectivity index (χ1v) is 6.96. The van der Waals surface area contributed by atoms with Crippen LogP contribution in [0.15, 0.2) is 23.1 Å². The fourth-order valence-electron chi connectivity index (χ4n) is 1.44. The molecule has 1 N–H and O–H groups in total. The van der Waals surface area contributed by atoms with E-state index in [4.69, 9.17) is 0 Å². The second-order valence-corrected chi connectivity index (χ2v) is 4.98. The minimum atomic E-state index is -0.621. The number of carbonyl (C=O) groups excluding carboxylic acids is 1. The Labute approximate surface area is 115 Å². The number of hydrogen-bond acceptors (Lipinski definition) is 4. The lowest BCUT2D eigenvalue weighted by Gasteiger charge is -2.15. The molecule has 0 aromatic heterocycles. The number of ether oxygens (including phenoxy) is 1. The van der Waals surface area contributed by atoms with Crippen LogP contribution in [0.3, 0.4) is 0 Å². The first kappa shape index (κ1) is 15.9. The topological polar surface area (TPSA) is 38.3 Å². The van der Waals surface area contributed by atoms with Crippen molar-refractivity contribution in [2.45, 2.75) is 24.3 Å². The molecule has 0 aliphatic heterocycles. The Morgan fingerprint density at radius 2 is 2.21 bits per heavy atom. The molecule has 1 atom stereocenters. The van der Waals surface area contributed by atoms with Gasteiger partial charge in [-0.2, -0.15) is 0 Å². The molecule has 1 rings (SSSR count). The highest BCUT2D eigenvalue weighted by Crippen LogP contribution is 2.23. The van der Waals surface area contributed by atoms with Crippen LogP contribution in [0, 0.1) is 11.6 Å². The Bertz CT molecular complexity index is 429. The number of nitrogens with one attached hydrogen (secondary N) is 1. The summed E-state index contributed by atoms with van der Waals surface area (Å²) in [5, 5.41) is 3.03. The molecule has 0 saturated carbocycles. The van der Waals surface area contributed by atoms with Gasteiger partial charge in [-0.25, -0.2) is 8.78 Å². The molecule has 0 saturated heterocycles. The van der Waals surface area contributed by atoms with Crippen molar-refractivity contribution in [1.29, 1.82) is 0 Å². The molecule has 0 fully saturated rings. The van der Waals surface area contributed by atoms with Gasteiger partial charge in [-0.15, -0.1) is 11.8 Å². The first-order chi connectivity index (χ1) is 9.08. The monoisotopic (exact) mass is 289 g/mol. The molecule has 0 spiro atoms. The summed E-state index contributed by atoms with van der Waals surface area (Å²) in [7, 11) is 1.31. The summed E-state index contributed by atoms with van der Waals surface area (Å²) in [6.07, 6.45) is 0.878. The number of thioether (sulfide) groups is 1. The smallest absolute Gasteiger partial charge is 0.323 e. The Balaban J connectivity index is 2.62. The number of halogens is 2. The molecule has 0 aliphatic carbocycles. The minimum Gasteiger partial charge on any atom is -0.468 e. The lowest BCUT2D eigenvalue weighted by atomic mass is 10.3. The maximum Gasteiger partial charge on any atom is 0.323 e. The summed E-state index contributed by atoms with van der Waals surface area (Å²) in [4.78, 5) is 11.8. The van der Waals surface area contributed by atoms with Crippen molar-refractivity contribution in [3.8, 4) is 0 Å². The average molecular weight is 289 g/mol. The van der Waals surface area contributed by atoms with E-state index >= 15 is 0 Å². The van der Waals surface area contributed by atoms with E-state index in [-0.39, 0.29) is 5.97 Å². The van der Waals surface area contributed by atoms with Crippen LogP contribution in [0.25, 0.3) is 0 Å². The van der Waals surface area contributed by atoms with E-state index in [1.165, 1.54) is 19.2 Å². The number of carbonyl (C=O) groups is 1. The lowest BCUT2D eigenvalue weighted by Crippen LogP contribution is -2.40. The maximum absolute atomic E-state index is 13.4. The highest BCUT2D eigenvalue weighted by atomic mass is 32.2. The van der Waals surface area contributed by atoms with Gasteiger partial charge in [0, 0.05) is 16.7 Å². The standard InChI is InChI=1S/C13H17F2NO2S/c1-3-6-16-11(13(17)18-2)8-19-12-5-4-9(14)7-10(12)15/h4-5,7,11,16H,3,6,8H2,1-2H3. The van der Waals surface area contributed by atoms with Gasteiger partial charge in [0.05, 0.1) is 7.11 Å². The van der Waals surface area contributed by atoms with Crippen molar-refractivity contribution in [2.75, 3.05) is 19.4 Å². The van der Waals surface area contributed by atoms with Crippen molar-refractivity contribution in [3.63, 3.8) is 0 Å². The van der Waals surface area contributed by atoms with Gasteiger partial charge in [-0.05, 0) is 25.1 Å². The Kier molecular flexibility index (Phi) is 6.80. The summed E-state index contributed by atoms with van der Waals surface area (Å²) >= 11 is 1.15. The molecule has 3 nitrogen and oxygen atoms in total. The van der Waals surface area contributed by atoms with Gasteiger partial charge >= 0.3 is 5.97 Å². The van der Waals surface area contributed by atoms with Crippen molar-refractivity contribution in [2.24, 2.45) is 0 Å². The summed E-state index contributed by atoms with van der Waals surface area (Å²) in [6, 6.07) is 2.88. The normalized spacial score (nSPS) is 12.2. The van der Waals surface area contributed by atoms with Crippen LogP contribution in [0.2, 0.25) is 0 Å². The molecule has 0 aliphatic rings. The highest BCUT2D eigenvalue weighted by molar-refractivity contribution is 7.99. The van der Waals surface area contributed by atoms with Crippen LogP contribution in [0.5, 0.6) is 0 Å². The van der Waals surface area contributed by atoms with Crippen molar-refractivity contribution < 1.29 is 18.3 Å². The molecular weight excluding hydrogens is 272 g/mol. The van der Waals surface area contributed by atoms with E-state index < -0.39 is 17.7 Å². The Hall–Kier alpha value is -1.14. The third kappa shape index (κ3) is 5.16. The molecule has 1 aromatic rings. The predicted molar refractivity (Wildman–Crippen MR) is 71.2 cm³/mol. The second-order valence-electron chi connectivity index (χ2n) is 3.92. The van der Waals surface area contributed by atoms with Gasteiger partial charge in [0.15, 0.2) is 0 Å². The van der Waals surface area contributed by atoms with Crippen molar-refractivity contribution in [1.82, 2.24) is 5.32 Å².